The lowest BCUT2D eigenvalue weighted by Gasteiger charge is -2.22. The van der Waals surface area contributed by atoms with Crippen LogP contribution in [0.2, 0.25) is 0 Å². The maximum Gasteiger partial charge on any atom is 0.305 e. The van der Waals surface area contributed by atoms with Crippen LogP contribution in [0.25, 0.3) is 0 Å². The van der Waals surface area contributed by atoms with E-state index >= 15 is 0 Å². The maximum atomic E-state index is 12.5. The SMILES string of the molecule is CCCCCCCCC/C=C\CCCCCCCCCC(=O)OCCCCCCCCCCCCCC/C=C\CCCCCCCCCCCCCCCCCCC(=O)NC(CO)C(O)CCCCCCCCCCCCCC. The first kappa shape index (κ1) is 77.3. The number of nitrogens with one attached hydrogen (secondary N) is 1. The lowest BCUT2D eigenvalue weighted by Crippen LogP contribution is -2.45. The van der Waals surface area contributed by atoms with Gasteiger partial charge in [0.15, 0.2) is 0 Å². The van der Waals surface area contributed by atoms with E-state index in [0.29, 0.717) is 25.9 Å². The molecular formula is C73H141NO5. The second-order valence-corrected chi connectivity index (χ2v) is 24.9. The standard InChI is InChI=1S/C73H141NO5/c1-3-5-7-9-11-13-15-17-18-19-37-40-43-47-51-55-59-63-67-73(78)79-68-64-60-56-52-48-44-41-38-35-33-31-29-27-25-23-21-20-22-24-26-28-30-32-34-36-39-42-46-50-54-58-62-66-72(77)74-70(69-75)71(76)65-61-57-53-49-45-16-14-12-10-8-6-4-2/h18-19,23,25,70-71,75-76H,3-17,20-22,24,26-69H2,1-2H3,(H,74,77)/b19-18-,25-23-. The van der Waals surface area contributed by atoms with Crippen LogP contribution in [0.3, 0.4) is 0 Å². The summed E-state index contributed by atoms with van der Waals surface area (Å²) < 4.78 is 5.51. The van der Waals surface area contributed by atoms with Gasteiger partial charge in [0.1, 0.15) is 0 Å². The number of allylic oxidation sites excluding steroid dienone is 4. The summed E-state index contributed by atoms with van der Waals surface area (Å²) >= 11 is 0. The molecular weight excluding hydrogens is 971 g/mol. The van der Waals surface area contributed by atoms with Crippen molar-refractivity contribution >= 4 is 11.9 Å². The Balaban J connectivity index is 3.33. The van der Waals surface area contributed by atoms with Crippen LogP contribution in [0.1, 0.15) is 406 Å². The number of hydrogen-bond acceptors (Lipinski definition) is 5. The van der Waals surface area contributed by atoms with E-state index in [-0.39, 0.29) is 18.5 Å². The first-order valence-electron chi connectivity index (χ1n) is 36.1. The molecule has 1 amide bonds. The van der Waals surface area contributed by atoms with Gasteiger partial charge in [0.2, 0.25) is 5.91 Å². The van der Waals surface area contributed by atoms with Crippen molar-refractivity contribution in [3.8, 4) is 0 Å². The Kier molecular flexibility index (Phi) is 67.4. The van der Waals surface area contributed by atoms with E-state index in [1.165, 1.54) is 327 Å². The number of esters is 1. The van der Waals surface area contributed by atoms with E-state index < -0.39 is 12.1 Å². The molecule has 6 heteroatoms. The Morgan fingerprint density at radius 1 is 0.342 bits per heavy atom. The third-order valence-electron chi connectivity index (χ3n) is 17.0. The third kappa shape index (κ3) is 65.4. The molecule has 79 heavy (non-hydrogen) atoms. The molecule has 0 spiro atoms. The summed E-state index contributed by atoms with van der Waals surface area (Å²) in [5, 5.41) is 23.3. The van der Waals surface area contributed by atoms with Crippen LogP contribution in [-0.4, -0.2) is 47.4 Å². The van der Waals surface area contributed by atoms with Crippen LogP contribution in [0.15, 0.2) is 24.3 Å². The molecule has 0 aliphatic heterocycles. The fourth-order valence-electron chi connectivity index (χ4n) is 11.5. The highest BCUT2D eigenvalue weighted by Gasteiger charge is 2.20. The summed E-state index contributed by atoms with van der Waals surface area (Å²) in [6.07, 6.45) is 86.7. The predicted molar refractivity (Wildman–Crippen MR) is 347 cm³/mol. The van der Waals surface area contributed by atoms with E-state index in [1.807, 2.05) is 0 Å². The number of hydrogen-bond donors (Lipinski definition) is 3. The molecule has 6 nitrogen and oxygen atoms in total. The van der Waals surface area contributed by atoms with Crippen molar-refractivity contribution in [1.82, 2.24) is 5.32 Å². The van der Waals surface area contributed by atoms with Gasteiger partial charge in [-0.2, -0.15) is 0 Å². The molecule has 0 heterocycles. The second kappa shape index (κ2) is 68.8. The van der Waals surface area contributed by atoms with Gasteiger partial charge in [-0.05, 0) is 77.0 Å². The van der Waals surface area contributed by atoms with Gasteiger partial charge >= 0.3 is 5.97 Å². The van der Waals surface area contributed by atoms with Crippen LogP contribution in [0.5, 0.6) is 0 Å². The Labute approximate surface area is 494 Å². The molecule has 2 unspecified atom stereocenters. The summed E-state index contributed by atoms with van der Waals surface area (Å²) in [7, 11) is 0. The van der Waals surface area contributed by atoms with Gasteiger partial charge in [0.25, 0.3) is 0 Å². The van der Waals surface area contributed by atoms with Crippen molar-refractivity contribution in [2.45, 2.75) is 418 Å². The van der Waals surface area contributed by atoms with E-state index in [1.54, 1.807) is 0 Å². The molecule has 0 radical (unpaired) electrons. The smallest absolute Gasteiger partial charge is 0.305 e. The highest BCUT2D eigenvalue weighted by atomic mass is 16.5. The molecule has 0 saturated carbocycles. The normalized spacial score (nSPS) is 12.6. The number of carbonyl (C=O) groups is 2. The van der Waals surface area contributed by atoms with Gasteiger partial charge in [-0.25, -0.2) is 0 Å². The van der Waals surface area contributed by atoms with E-state index in [9.17, 15) is 19.8 Å². The summed E-state index contributed by atoms with van der Waals surface area (Å²) in [4.78, 5) is 24.6. The van der Waals surface area contributed by atoms with Crippen LogP contribution in [0, 0.1) is 0 Å². The lowest BCUT2D eigenvalue weighted by atomic mass is 10.0. The zero-order valence-corrected chi connectivity index (χ0v) is 53.6. The first-order valence-corrected chi connectivity index (χ1v) is 36.1. The number of unbranched alkanes of at least 4 members (excludes halogenated alkanes) is 53. The molecule has 0 saturated heterocycles. The Morgan fingerprint density at radius 3 is 0.899 bits per heavy atom. The van der Waals surface area contributed by atoms with Gasteiger partial charge in [0.05, 0.1) is 25.4 Å². The van der Waals surface area contributed by atoms with Crippen LogP contribution in [0.4, 0.5) is 0 Å². The number of amides is 1. The Bertz CT molecular complexity index is 1230. The van der Waals surface area contributed by atoms with Crippen LogP contribution in [-0.2, 0) is 14.3 Å². The summed E-state index contributed by atoms with van der Waals surface area (Å²) in [5.41, 5.74) is 0. The molecule has 2 atom stereocenters. The fourth-order valence-corrected chi connectivity index (χ4v) is 11.5. The Morgan fingerprint density at radius 2 is 0.595 bits per heavy atom. The fraction of sp³-hybridized carbons (Fsp3) is 0.918. The van der Waals surface area contributed by atoms with Gasteiger partial charge in [-0.3, -0.25) is 9.59 Å². The molecule has 0 aliphatic carbocycles. The summed E-state index contributed by atoms with van der Waals surface area (Å²) in [5.74, 6) is -0.0148. The van der Waals surface area contributed by atoms with Gasteiger partial charge in [-0.1, -0.05) is 340 Å². The van der Waals surface area contributed by atoms with Crippen molar-refractivity contribution in [3.05, 3.63) is 24.3 Å². The van der Waals surface area contributed by atoms with Gasteiger partial charge < -0.3 is 20.3 Å². The average Bonchev–Trinajstić information content (AvgIpc) is 3.45. The number of aliphatic hydroxyl groups is 2. The number of rotatable bonds is 68. The quantitative estimate of drug-likeness (QED) is 0.0320. The lowest BCUT2D eigenvalue weighted by molar-refractivity contribution is -0.143. The third-order valence-corrected chi connectivity index (χ3v) is 17.0. The monoisotopic (exact) mass is 1110 g/mol. The highest BCUT2D eigenvalue weighted by Crippen LogP contribution is 2.19. The van der Waals surface area contributed by atoms with E-state index in [2.05, 4.69) is 43.5 Å². The highest BCUT2D eigenvalue weighted by molar-refractivity contribution is 5.76. The number of carbonyl (C=O) groups excluding carboxylic acids is 2. The molecule has 3 N–H and O–H groups in total. The molecule has 0 aromatic carbocycles. The van der Waals surface area contributed by atoms with Crippen molar-refractivity contribution in [3.63, 3.8) is 0 Å². The second-order valence-electron chi connectivity index (χ2n) is 24.9. The molecule has 0 aromatic rings. The van der Waals surface area contributed by atoms with Crippen LogP contribution < -0.4 is 5.32 Å². The van der Waals surface area contributed by atoms with Crippen molar-refractivity contribution in [1.29, 1.82) is 0 Å². The number of ether oxygens (including phenoxy) is 1. The van der Waals surface area contributed by atoms with Crippen molar-refractivity contribution in [2.24, 2.45) is 0 Å². The molecule has 468 valence electrons. The van der Waals surface area contributed by atoms with Crippen molar-refractivity contribution in [2.75, 3.05) is 13.2 Å². The summed E-state index contributed by atoms with van der Waals surface area (Å²) in [6, 6.07) is -0.538. The molecule has 0 aromatic heterocycles. The maximum absolute atomic E-state index is 12.5. The van der Waals surface area contributed by atoms with Gasteiger partial charge in [0, 0.05) is 12.8 Å². The largest absolute Gasteiger partial charge is 0.466 e. The zero-order valence-electron chi connectivity index (χ0n) is 53.6. The molecule has 0 rings (SSSR count). The molecule has 0 aliphatic rings. The minimum atomic E-state index is -0.661. The number of aliphatic hydroxyl groups excluding tert-OH is 2. The molecule has 0 fully saturated rings. The Hall–Kier alpha value is -1.66. The predicted octanol–water partition coefficient (Wildman–Crippen LogP) is 23.3. The van der Waals surface area contributed by atoms with Crippen LogP contribution >= 0.6 is 0 Å². The van der Waals surface area contributed by atoms with E-state index in [4.69, 9.17) is 4.74 Å². The topological polar surface area (TPSA) is 95.9 Å². The average molecular weight is 1110 g/mol. The zero-order chi connectivity index (χ0) is 57.1. The first-order chi connectivity index (χ1) is 39.0. The minimum absolute atomic E-state index is 0.0160. The minimum Gasteiger partial charge on any atom is -0.466 e. The van der Waals surface area contributed by atoms with Crippen molar-refractivity contribution < 1.29 is 24.5 Å². The van der Waals surface area contributed by atoms with Gasteiger partial charge in [-0.15, -0.1) is 0 Å². The van der Waals surface area contributed by atoms with E-state index in [0.717, 1.165) is 44.9 Å². The molecule has 0 bridgehead atoms. The summed E-state index contributed by atoms with van der Waals surface area (Å²) in [6.45, 7) is 4.98.